The maximum Gasteiger partial charge on any atom is 0.324 e. The molecule has 0 spiro atoms. The van der Waals surface area contributed by atoms with Crippen LogP contribution in [0.2, 0.25) is 0 Å². The van der Waals surface area contributed by atoms with Crippen molar-refractivity contribution in [1.82, 2.24) is 15.0 Å². The molecule has 1 N–H and O–H groups in total. The van der Waals surface area contributed by atoms with Crippen LogP contribution in [0, 0.1) is 17.8 Å². The van der Waals surface area contributed by atoms with Crippen LogP contribution >= 0.6 is 0 Å². The topological polar surface area (TPSA) is 91.9 Å². The van der Waals surface area contributed by atoms with Gasteiger partial charge in [0.15, 0.2) is 5.82 Å². The van der Waals surface area contributed by atoms with Gasteiger partial charge in [-0.25, -0.2) is 0 Å². The molecule has 3 aliphatic rings. The minimum absolute atomic E-state index is 0.0762. The molecule has 1 aromatic heterocycles. The fraction of sp³-hybridized carbons (Fsp3) is 0.621. The summed E-state index contributed by atoms with van der Waals surface area (Å²) < 4.78 is 11.6. The molecule has 8 nitrogen and oxygen atoms in total. The van der Waals surface area contributed by atoms with Crippen molar-refractivity contribution >= 4 is 17.5 Å². The zero-order valence-corrected chi connectivity index (χ0v) is 22.1. The number of hydrogen-bond donors (Lipinski definition) is 1. The smallest absolute Gasteiger partial charge is 0.324 e. The predicted octanol–water partition coefficient (Wildman–Crippen LogP) is 4.51. The van der Waals surface area contributed by atoms with Gasteiger partial charge in [-0.3, -0.25) is 4.79 Å². The predicted molar refractivity (Wildman–Crippen MR) is 142 cm³/mol. The third-order valence-electron chi connectivity index (χ3n) is 8.16. The fourth-order valence-corrected chi connectivity index (χ4v) is 5.62. The average molecular weight is 509 g/mol. The first-order valence-corrected chi connectivity index (χ1v) is 13.9. The maximum atomic E-state index is 12.9. The molecule has 1 aliphatic carbocycles. The lowest BCUT2D eigenvalue weighted by atomic mass is 9.86. The minimum Gasteiger partial charge on any atom is -0.493 e. The highest BCUT2D eigenvalue weighted by Crippen LogP contribution is 2.33. The molecule has 2 aromatic rings. The number of nitrogens with zero attached hydrogens (tertiary/aromatic N) is 4. The van der Waals surface area contributed by atoms with E-state index >= 15 is 0 Å². The number of rotatable bonds is 8. The first kappa shape index (κ1) is 25.8. The highest BCUT2D eigenvalue weighted by atomic mass is 16.5. The number of anilines is 1. The number of benzene rings is 1. The van der Waals surface area contributed by atoms with E-state index in [2.05, 4.69) is 59.2 Å². The highest BCUT2D eigenvalue weighted by Gasteiger charge is 2.31. The molecule has 37 heavy (non-hydrogen) atoms. The van der Waals surface area contributed by atoms with Gasteiger partial charge in [-0.05, 0) is 67.7 Å². The van der Waals surface area contributed by atoms with Crippen LogP contribution in [0.1, 0.15) is 69.7 Å². The van der Waals surface area contributed by atoms with E-state index in [-0.39, 0.29) is 30.3 Å². The number of amides is 1. The summed E-state index contributed by atoms with van der Waals surface area (Å²) in [6, 6.07) is 9.04. The zero-order valence-electron chi connectivity index (χ0n) is 22.1. The Kier molecular flexibility index (Phi) is 8.13. The van der Waals surface area contributed by atoms with Gasteiger partial charge in [-0.15, -0.1) is 0 Å². The number of carbonyl (C=O) groups is 1. The number of hydrogen-bond acceptors (Lipinski definition) is 7. The summed E-state index contributed by atoms with van der Waals surface area (Å²) in [5.41, 5.74) is 2.53. The molecular formula is C29H40N4O4. The Labute approximate surface area is 219 Å². The van der Waals surface area contributed by atoms with Gasteiger partial charge in [0, 0.05) is 50.5 Å². The summed E-state index contributed by atoms with van der Waals surface area (Å²) in [6.45, 7) is 8.34. The molecule has 0 bridgehead atoms. The van der Waals surface area contributed by atoms with E-state index < -0.39 is 0 Å². The molecule has 0 radical (unpaired) electrons. The van der Waals surface area contributed by atoms with E-state index in [9.17, 15) is 9.90 Å². The number of likely N-dealkylation sites (tertiary alicyclic amines) is 1. The molecule has 3 heterocycles. The zero-order chi connectivity index (χ0) is 25.8. The van der Waals surface area contributed by atoms with Crippen LogP contribution in [0.15, 0.2) is 34.9 Å². The number of carbonyl (C=O) groups excluding carboxylic acids is 1. The summed E-state index contributed by atoms with van der Waals surface area (Å²) >= 11 is 0. The second-order valence-electron chi connectivity index (χ2n) is 11.2. The van der Waals surface area contributed by atoms with Crippen LogP contribution in [0.4, 0.5) is 6.01 Å². The van der Waals surface area contributed by atoms with Gasteiger partial charge in [0.1, 0.15) is 5.75 Å². The van der Waals surface area contributed by atoms with Crippen molar-refractivity contribution in [1.29, 1.82) is 0 Å². The van der Waals surface area contributed by atoms with E-state index in [1.165, 1.54) is 11.1 Å². The third-order valence-corrected chi connectivity index (χ3v) is 8.16. The summed E-state index contributed by atoms with van der Waals surface area (Å²) in [5, 5.41) is 13.4. The molecule has 2 atom stereocenters. The molecule has 8 heteroatoms. The molecule has 0 saturated carbocycles. The molecule has 2 saturated heterocycles. The van der Waals surface area contributed by atoms with Gasteiger partial charge in [0.2, 0.25) is 5.91 Å². The molecule has 5 rings (SSSR count). The number of allylic oxidation sites excluding steroid dienone is 2. The van der Waals surface area contributed by atoms with Crippen LogP contribution in [-0.2, 0) is 4.79 Å². The Morgan fingerprint density at radius 2 is 1.86 bits per heavy atom. The lowest BCUT2D eigenvalue weighted by Gasteiger charge is -2.30. The van der Waals surface area contributed by atoms with E-state index in [1.807, 2.05) is 4.90 Å². The maximum absolute atomic E-state index is 12.9. The van der Waals surface area contributed by atoms with Crippen molar-refractivity contribution in [2.24, 2.45) is 17.8 Å². The Morgan fingerprint density at radius 1 is 1.11 bits per heavy atom. The Bertz CT molecular complexity index is 1070. The Balaban J connectivity index is 1.06. The number of piperidine rings is 1. The largest absolute Gasteiger partial charge is 0.493 e. The van der Waals surface area contributed by atoms with Crippen molar-refractivity contribution < 1.29 is 19.2 Å². The van der Waals surface area contributed by atoms with Gasteiger partial charge >= 0.3 is 6.01 Å². The summed E-state index contributed by atoms with van der Waals surface area (Å²) in [7, 11) is 0. The molecule has 2 aliphatic heterocycles. The second kappa shape index (κ2) is 11.7. The second-order valence-corrected chi connectivity index (χ2v) is 11.2. The fourth-order valence-electron chi connectivity index (χ4n) is 5.62. The number of aromatic nitrogens is 2. The van der Waals surface area contributed by atoms with Crippen LogP contribution in [0.5, 0.6) is 5.75 Å². The third kappa shape index (κ3) is 6.17. The SMILES string of the molecule is CC(C)c1noc(N2CCC(COc3ccc(C4=CCC(C(=O)N5CC[C@H](CO)C5)CC4)cc3)CC2)n1. The Morgan fingerprint density at radius 3 is 2.49 bits per heavy atom. The molecule has 1 unspecified atom stereocenters. The molecule has 1 amide bonds. The lowest BCUT2D eigenvalue weighted by Crippen LogP contribution is -2.35. The summed E-state index contributed by atoms with van der Waals surface area (Å²) in [6.07, 6.45) is 7.86. The van der Waals surface area contributed by atoms with Gasteiger partial charge in [-0.2, -0.15) is 4.98 Å². The number of ether oxygens (including phenoxy) is 1. The van der Waals surface area contributed by atoms with E-state index in [0.717, 1.165) is 69.7 Å². The summed E-state index contributed by atoms with van der Waals surface area (Å²) in [5.74, 6) is 3.04. The van der Waals surface area contributed by atoms with Gasteiger partial charge in [0.05, 0.1) is 6.61 Å². The first-order valence-electron chi connectivity index (χ1n) is 13.9. The van der Waals surface area contributed by atoms with Gasteiger partial charge in [0.25, 0.3) is 0 Å². The summed E-state index contributed by atoms with van der Waals surface area (Å²) in [4.78, 5) is 21.5. The van der Waals surface area contributed by atoms with Crippen molar-refractivity contribution in [2.45, 2.75) is 58.3 Å². The average Bonchev–Trinajstić information content (AvgIpc) is 3.63. The Hall–Kier alpha value is -2.87. The lowest BCUT2D eigenvalue weighted by molar-refractivity contribution is -0.134. The van der Waals surface area contributed by atoms with Crippen molar-refractivity contribution in [3.05, 3.63) is 41.7 Å². The van der Waals surface area contributed by atoms with Gasteiger partial charge in [-0.1, -0.05) is 37.2 Å². The standard InChI is InChI=1S/C29H40N4O4/c1-20(2)27-30-29(37-31-27)32-14-11-21(12-15-32)19-36-26-9-7-24(8-10-26)23-3-5-25(6-4-23)28(35)33-16-13-22(17-33)18-34/h3,7-10,20-22,25,34H,4-6,11-19H2,1-2H3/t22-,25?/m0/s1. The van der Waals surface area contributed by atoms with E-state index in [1.54, 1.807) is 0 Å². The van der Waals surface area contributed by atoms with Crippen LogP contribution in [-0.4, -0.2) is 65.4 Å². The quantitative estimate of drug-likeness (QED) is 0.561. The van der Waals surface area contributed by atoms with E-state index in [0.29, 0.717) is 25.1 Å². The van der Waals surface area contributed by atoms with Crippen LogP contribution in [0.25, 0.3) is 5.57 Å². The molecular weight excluding hydrogens is 468 g/mol. The van der Waals surface area contributed by atoms with Crippen LogP contribution in [0.3, 0.4) is 0 Å². The minimum atomic E-state index is 0.0762. The number of aliphatic hydroxyl groups excluding tert-OH is 1. The van der Waals surface area contributed by atoms with Crippen molar-refractivity contribution in [3.8, 4) is 5.75 Å². The monoisotopic (exact) mass is 508 g/mol. The number of aliphatic hydroxyl groups is 1. The van der Waals surface area contributed by atoms with E-state index in [4.69, 9.17) is 9.26 Å². The van der Waals surface area contributed by atoms with Crippen molar-refractivity contribution in [2.75, 3.05) is 44.3 Å². The highest BCUT2D eigenvalue weighted by molar-refractivity contribution is 5.81. The molecule has 2 fully saturated rings. The molecule has 200 valence electrons. The molecule has 1 aromatic carbocycles. The van der Waals surface area contributed by atoms with Crippen LogP contribution < -0.4 is 9.64 Å². The van der Waals surface area contributed by atoms with Gasteiger partial charge < -0.3 is 24.2 Å². The normalized spacial score (nSPS) is 23.0. The first-order chi connectivity index (χ1) is 18.0. The van der Waals surface area contributed by atoms with Crippen molar-refractivity contribution in [3.63, 3.8) is 0 Å².